The molecule has 0 aliphatic rings. The van der Waals surface area contributed by atoms with Crippen molar-refractivity contribution < 1.29 is 13.2 Å². The van der Waals surface area contributed by atoms with Gasteiger partial charge in [-0.15, -0.1) is 0 Å². The molecule has 7 nitrogen and oxygen atoms in total. The average molecular weight is 417 g/mol. The molecule has 1 heterocycles. The zero-order chi connectivity index (χ0) is 20.3. The molecule has 0 unspecified atom stereocenters. The summed E-state index contributed by atoms with van der Waals surface area (Å²) in [6, 6.07) is 9.60. The second-order valence-corrected chi connectivity index (χ2v) is 8.59. The molecule has 0 saturated carbocycles. The van der Waals surface area contributed by atoms with Crippen LogP contribution in [0.1, 0.15) is 5.69 Å². The first-order valence-corrected chi connectivity index (χ1v) is 10.6. The van der Waals surface area contributed by atoms with E-state index in [1.54, 1.807) is 36.0 Å². The molecule has 9 heteroatoms. The van der Waals surface area contributed by atoms with Crippen molar-refractivity contribution in [2.24, 2.45) is 0 Å². The Morgan fingerprint density at radius 2 is 2.07 bits per heavy atom. The van der Waals surface area contributed by atoms with Crippen LogP contribution >= 0.6 is 11.8 Å². The third kappa shape index (κ3) is 4.15. The quantitative estimate of drug-likeness (QED) is 0.449. The predicted molar refractivity (Wildman–Crippen MR) is 113 cm³/mol. The van der Waals surface area contributed by atoms with Crippen LogP contribution in [0.5, 0.6) is 5.75 Å². The van der Waals surface area contributed by atoms with E-state index >= 15 is 0 Å². The SMILES string of the molecule is C=CSc1cc(S(=O)(=O)Nc2ccc(-n3cnc(C)c3)c(OC)c2)ccc1N. The number of hydrogen-bond acceptors (Lipinski definition) is 6. The summed E-state index contributed by atoms with van der Waals surface area (Å²) in [7, 11) is -2.27. The van der Waals surface area contributed by atoms with Crippen molar-refractivity contribution in [1.82, 2.24) is 9.55 Å². The molecule has 0 bridgehead atoms. The van der Waals surface area contributed by atoms with Gasteiger partial charge in [0, 0.05) is 22.8 Å². The maximum Gasteiger partial charge on any atom is 0.261 e. The van der Waals surface area contributed by atoms with E-state index in [1.165, 1.54) is 31.0 Å². The van der Waals surface area contributed by atoms with Crippen molar-refractivity contribution in [2.75, 3.05) is 17.6 Å². The van der Waals surface area contributed by atoms with Crippen LogP contribution in [0.15, 0.2) is 70.7 Å². The molecule has 0 aliphatic heterocycles. The van der Waals surface area contributed by atoms with Gasteiger partial charge in [0.1, 0.15) is 5.75 Å². The summed E-state index contributed by atoms with van der Waals surface area (Å²) in [6.45, 7) is 5.52. The third-order valence-corrected chi connectivity index (χ3v) is 6.08. The molecule has 28 heavy (non-hydrogen) atoms. The number of nitrogen functional groups attached to an aromatic ring is 1. The van der Waals surface area contributed by atoms with E-state index in [-0.39, 0.29) is 4.90 Å². The van der Waals surface area contributed by atoms with Crippen molar-refractivity contribution >= 4 is 33.2 Å². The van der Waals surface area contributed by atoms with Crippen molar-refractivity contribution in [3.63, 3.8) is 0 Å². The van der Waals surface area contributed by atoms with E-state index in [0.29, 0.717) is 22.0 Å². The molecular weight excluding hydrogens is 396 g/mol. The average Bonchev–Trinajstić information content (AvgIpc) is 3.09. The maximum absolute atomic E-state index is 12.8. The minimum Gasteiger partial charge on any atom is -0.494 e. The van der Waals surface area contributed by atoms with Gasteiger partial charge in [0.25, 0.3) is 10.0 Å². The molecule has 0 aliphatic carbocycles. The first kappa shape index (κ1) is 19.8. The van der Waals surface area contributed by atoms with Crippen molar-refractivity contribution in [3.8, 4) is 11.4 Å². The number of rotatable bonds is 7. The van der Waals surface area contributed by atoms with Crippen LogP contribution in [0.3, 0.4) is 0 Å². The predicted octanol–water partition coefficient (Wildman–Crippen LogP) is 3.81. The van der Waals surface area contributed by atoms with Crippen LogP contribution in [0, 0.1) is 6.92 Å². The van der Waals surface area contributed by atoms with Crippen LogP contribution in [0.4, 0.5) is 11.4 Å². The lowest BCUT2D eigenvalue weighted by Crippen LogP contribution is -2.13. The Bertz CT molecular complexity index is 1120. The van der Waals surface area contributed by atoms with E-state index in [0.717, 1.165) is 11.4 Å². The Labute approximate surface area is 168 Å². The number of nitrogens with one attached hydrogen (secondary N) is 1. The summed E-state index contributed by atoms with van der Waals surface area (Å²) in [5.41, 5.74) is 8.37. The molecule has 0 atom stereocenters. The van der Waals surface area contributed by atoms with Crippen molar-refractivity contribution in [3.05, 3.63) is 66.6 Å². The summed E-state index contributed by atoms with van der Waals surface area (Å²) in [5, 5.41) is 1.59. The van der Waals surface area contributed by atoms with E-state index in [4.69, 9.17) is 10.5 Å². The molecule has 1 aromatic heterocycles. The topological polar surface area (TPSA) is 99.2 Å². The molecule has 0 amide bonds. The van der Waals surface area contributed by atoms with E-state index in [1.807, 2.05) is 17.7 Å². The molecule has 0 spiro atoms. The highest BCUT2D eigenvalue weighted by Crippen LogP contribution is 2.31. The lowest BCUT2D eigenvalue weighted by molar-refractivity contribution is 0.413. The van der Waals surface area contributed by atoms with Gasteiger partial charge in [-0.2, -0.15) is 0 Å². The summed E-state index contributed by atoms with van der Waals surface area (Å²) in [5.74, 6) is 0.512. The summed E-state index contributed by atoms with van der Waals surface area (Å²) < 4.78 is 35.4. The van der Waals surface area contributed by atoms with Gasteiger partial charge in [0.05, 0.1) is 35.4 Å². The number of benzene rings is 2. The maximum atomic E-state index is 12.8. The Morgan fingerprint density at radius 3 is 2.71 bits per heavy atom. The number of sulfonamides is 1. The highest BCUT2D eigenvalue weighted by Gasteiger charge is 2.17. The summed E-state index contributed by atoms with van der Waals surface area (Å²) in [4.78, 5) is 4.93. The second kappa shape index (κ2) is 7.99. The van der Waals surface area contributed by atoms with Crippen LogP contribution < -0.4 is 15.2 Å². The number of aryl methyl sites for hydroxylation is 1. The minimum absolute atomic E-state index is 0.110. The molecule has 2 aromatic carbocycles. The number of hydrogen-bond donors (Lipinski definition) is 2. The first-order chi connectivity index (χ1) is 13.3. The summed E-state index contributed by atoms with van der Waals surface area (Å²) >= 11 is 1.26. The van der Waals surface area contributed by atoms with Gasteiger partial charge in [-0.25, -0.2) is 13.4 Å². The zero-order valence-corrected chi connectivity index (χ0v) is 17.0. The van der Waals surface area contributed by atoms with E-state index < -0.39 is 10.0 Å². The molecular formula is C19H20N4O3S2. The van der Waals surface area contributed by atoms with Gasteiger partial charge in [-0.1, -0.05) is 18.3 Å². The number of methoxy groups -OCH3 is 1. The number of anilines is 2. The molecule has 3 rings (SSSR count). The van der Waals surface area contributed by atoms with Crippen molar-refractivity contribution in [2.45, 2.75) is 16.7 Å². The number of thioether (sulfide) groups is 1. The first-order valence-electron chi connectivity index (χ1n) is 8.23. The number of nitrogens with zero attached hydrogens (tertiary/aromatic N) is 2. The molecule has 0 fully saturated rings. The standard InChI is InChI=1S/C19H20N4O3S2/c1-4-27-19-10-15(6-7-16(19)20)28(24,25)22-14-5-8-17(18(9-14)26-3)23-11-13(2)21-12-23/h4-12,22H,1,20H2,2-3H3. The fourth-order valence-electron chi connectivity index (χ4n) is 2.60. The molecule has 0 saturated heterocycles. The van der Waals surface area contributed by atoms with E-state index in [2.05, 4.69) is 16.3 Å². The lowest BCUT2D eigenvalue weighted by atomic mass is 10.2. The second-order valence-electron chi connectivity index (χ2n) is 5.90. The minimum atomic E-state index is -3.80. The van der Waals surface area contributed by atoms with Gasteiger partial charge in [0.15, 0.2) is 0 Å². The van der Waals surface area contributed by atoms with E-state index in [9.17, 15) is 8.42 Å². The zero-order valence-electron chi connectivity index (χ0n) is 15.4. The molecule has 3 aromatic rings. The molecule has 3 N–H and O–H groups in total. The van der Waals surface area contributed by atoms with Gasteiger partial charge < -0.3 is 15.0 Å². The van der Waals surface area contributed by atoms with Crippen LogP contribution in [-0.4, -0.2) is 25.1 Å². The Morgan fingerprint density at radius 1 is 1.29 bits per heavy atom. The largest absolute Gasteiger partial charge is 0.494 e. The third-order valence-electron chi connectivity index (χ3n) is 3.93. The van der Waals surface area contributed by atoms with Gasteiger partial charge in [-0.3, -0.25) is 4.72 Å². The van der Waals surface area contributed by atoms with Gasteiger partial charge in [0.2, 0.25) is 0 Å². The Balaban J connectivity index is 1.92. The van der Waals surface area contributed by atoms with Crippen LogP contribution in [-0.2, 0) is 10.0 Å². The highest BCUT2D eigenvalue weighted by molar-refractivity contribution is 8.02. The Kier molecular flexibility index (Phi) is 5.66. The lowest BCUT2D eigenvalue weighted by Gasteiger charge is -2.13. The van der Waals surface area contributed by atoms with Gasteiger partial charge in [-0.05, 0) is 42.7 Å². The van der Waals surface area contributed by atoms with Crippen molar-refractivity contribution in [1.29, 1.82) is 0 Å². The monoisotopic (exact) mass is 416 g/mol. The number of ether oxygens (including phenoxy) is 1. The van der Waals surface area contributed by atoms with Crippen LogP contribution in [0.25, 0.3) is 5.69 Å². The fraction of sp³-hybridized carbons (Fsp3) is 0.105. The highest BCUT2D eigenvalue weighted by atomic mass is 32.2. The number of aromatic nitrogens is 2. The molecule has 0 radical (unpaired) electrons. The van der Waals surface area contributed by atoms with Gasteiger partial charge >= 0.3 is 0 Å². The van der Waals surface area contributed by atoms with Crippen LogP contribution in [0.2, 0.25) is 0 Å². The summed E-state index contributed by atoms with van der Waals surface area (Å²) in [6.07, 6.45) is 3.53. The molecule has 146 valence electrons. The fourth-order valence-corrected chi connectivity index (χ4v) is 4.32. The Hall–Kier alpha value is -2.91. The number of nitrogens with two attached hydrogens (primary N) is 1. The normalized spacial score (nSPS) is 11.2. The number of imidazole rings is 1. The smallest absolute Gasteiger partial charge is 0.261 e.